The van der Waals surface area contributed by atoms with Crippen molar-refractivity contribution in [2.45, 2.75) is 19.8 Å². The molecule has 0 unspecified atom stereocenters. The summed E-state index contributed by atoms with van der Waals surface area (Å²) in [6, 6.07) is 12.3. The zero-order valence-electron chi connectivity index (χ0n) is 18.2. The van der Waals surface area contributed by atoms with Crippen LogP contribution in [0.2, 0.25) is 0 Å². The Labute approximate surface area is 205 Å². The van der Waals surface area contributed by atoms with Crippen molar-refractivity contribution in [2.75, 3.05) is 18.5 Å². The van der Waals surface area contributed by atoms with Crippen molar-refractivity contribution >= 4 is 63.5 Å². The minimum atomic E-state index is -0.488. The number of anilines is 1. The molecule has 0 aliphatic carbocycles. The van der Waals surface area contributed by atoms with Crippen molar-refractivity contribution < 1.29 is 24.0 Å². The van der Waals surface area contributed by atoms with Crippen molar-refractivity contribution in [3.05, 3.63) is 74.7 Å². The second-order valence-electron chi connectivity index (χ2n) is 7.13. The lowest BCUT2D eigenvalue weighted by atomic mass is 10.2. The van der Waals surface area contributed by atoms with Crippen LogP contribution < -0.4 is 5.32 Å². The number of carbonyl (C=O) groups excluding carboxylic acids is 3. The van der Waals surface area contributed by atoms with Crippen molar-refractivity contribution in [3.8, 4) is 0 Å². The van der Waals surface area contributed by atoms with Gasteiger partial charge in [-0.3, -0.25) is 24.6 Å². The molecule has 176 valence electrons. The summed E-state index contributed by atoms with van der Waals surface area (Å²) in [7, 11) is 0. The van der Waals surface area contributed by atoms with Gasteiger partial charge >= 0.3 is 5.97 Å². The van der Waals surface area contributed by atoms with Gasteiger partial charge in [0.05, 0.1) is 22.0 Å². The van der Waals surface area contributed by atoms with Gasteiger partial charge in [-0.25, -0.2) is 4.79 Å². The van der Waals surface area contributed by atoms with Gasteiger partial charge in [-0.05, 0) is 61.4 Å². The number of esters is 1. The fraction of sp³-hybridized carbons (Fsp3) is 0.217. The van der Waals surface area contributed by atoms with Crippen LogP contribution >= 0.6 is 24.0 Å². The first-order valence-electron chi connectivity index (χ1n) is 10.4. The summed E-state index contributed by atoms with van der Waals surface area (Å²) < 4.78 is 5.32. The third-order valence-corrected chi connectivity index (χ3v) is 6.12. The quantitative estimate of drug-likeness (QED) is 0.177. The normalized spacial score (nSPS) is 14.4. The molecule has 1 heterocycles. The predicted octanol–water partition coefficient (Wildman–Crippen LogP) is 4.39. The number of thioether (sulfide) groups is 1. The zero-order valence-corrected chi connectivity index (χ0v) is 19.8. The molecule has 34 heavy (non-hydrogen) atoms. The molecule has 0 aromatic heterocycles. The lowest BCUT2D eigenvalue weighted by Crippen LogP contribution is -2.29. The summed E-state index contributed by atoms with van der Waals surface area (Å²) in [4.78, 5) is 48.8. The first-order valence-corrected chi connectivity index (χ1v) is 11.6. The van der Waals surface area contributed by atoms with E-state index in [9.17, 15) is 24.5 Å². The fourth-order valence-corrected chi connectivity index (χ4v) is 4.37. The topological polar surface area (TPSA) is 119 Å². The first-order chi connectivity index (χ1) is 16.3. The molecule has 3 rings (SSSR count). The number of carbonyl (C=O) groups is 3. The Hall–Kier alpha value is -3.57. The molecule has 1 saturated heterocycles. The molecule has 2 aromatic carbocycles. The van der Waals surface area contributed by atoms with Gasteiger partial charge in [0.25, 0.3) is 11.6 Å². The molecule has 0 spiro atoms. The lowest BCUT2D eigenvalue weighted by Gasteiger charge is -2.14. The summed E-state index contributed by atoms with van der Waals surface area (Å²) in [5, 5.41) is 13.5. The highest BCUT2D eigenvalue weighted by Gasteiger charge is 2.31. The third kappa shape index (κ3) is 6.49. The number of non-ortho nitro benzene ring substituents is 1. The smallest absolute Gasteiger partial charge is 0.338 e. The molecule has 0 atom stereocenters. The summed E-state index contributed by atoms with van der Waals surface area (Å²) in [5.74, 6) is -0.912. The average molecular weight is 500 g/mol. The Kier molecular flexibility index (Phi) is 8.50. The monoisotopic (exact) mass is 499 g/mol. The zero-order chi connectivity index (χ0) is 24.7. The first kappa shape index (κ1) is 25.1. The van der Waals surface area contributed by atoms with Crippen LogP contribution in [0.25, 0.3) is 6.08 Å². The van der Waals surface area contributed by atoms with Crippen molar-refractivity contribution in [1.82, 2.24) is 4.90 Å². The number of hydrogen-bond donors (Lipinski definition) is 1. The Balaban J connectivity index is 1.50. The Bertz CT molecular complexity index is 1150. The average Bonchev–Trinajstić information content (AvgIpc) is 3.07. The molecule has 2 aromatic rings. The maximum atomic E-state index is 12.7. The van der Waals surface area contributed by atoms with E-state index in [1.54, 1.807) is 49.4 Å². The number of ether oxygens (including phenoxy) is 1. The second kappa shape index (κ2) is 11.5. The number of hydrogen-bond acceptors (Lipinski definition) is 8. The number of thiocarbonyl (C=S) groups is 1. The molecule has 0 bridgehead atoms. The second-order valence-corrected chi connectivity index (χ2v) is 8.81. The molecule has 1 N–H and O–H groups in total. The highest BCUT2D eigenvalue weighted by Crippen LogP contribution is 2.33. The van der Waals surface area contributed by atoms with Crippen molar-refractivity contribution in [1.29, 1.82) is 0 Å². The minimum absolute atomic E-state index is 0.0297. The lowest BCUT2D eigenvalue weighted by molar-refractivity contribution is -0.384. The van der Waals surface area contributed by atoms with E-state index in [2.05, 4.69) is 5.32 Å². The summed E-state index contributed by atoms with van der Waals surface area (Å²) in [6.45, 7) is 2.30. The SMILES string of the molecule is CCOC(=O)c1ccc(NC(=O)CCCN2C(=O)/C(=C/c3ccc([N+](=O)[O-])cc3)SC2=S)cc1. The largest absolute Gasteiger partial charge is 0.462 e. The van der Waals surface area contributed by atoms with Crippen LogP contribution in [-0.2, 0) is 14.3 Å². The van der Waals surface area contributed by atoms with E-state index in [4.69, 9.17) is 17.0 Å². The number of benzene rings is 2. The van der Waals surface area contributed by atoms with Crippen molar-refractivity contribution in [3.63, 3.8) is 0 Å². The van der Waals surface area contributed by atoms with Crippen LogP contribution in [0.3, 0.4) is 0 Å². The molecule has 2 amide bonds. The standard InChI is InChI=1S/C23H21N3O6S2/c1-2-32-22(29)16-7-9-17(10-8-16)24-20(27)4-3-13-25-21(28)19(34-23(25)33)14-15-5-11-18(12-6-15)26(30)31/h5-12,14H,2-4,13H2,1H3,(H,24,27)/b19-14-. The number of nitrogens with one attached hydrogen (secondary N) is 1. The minimum Gasteiger partial charge on any atom is -0.462 e. The van der Waals surface area contributed by atoms with E-state index in [0.29, 0.717) is 32.5 Å². The summed E-state index contributed by atoms with van der Waals surface area (Å²) in [6.07, 6.45) is 2.22. The van der Waals surface area contributed by atoms with Gasteiger partial charge in [0.2, 0.25) is 5.91 Å². The number of nitrogens with zero attached hydrogens (tertiary/aromatic N) is 2. The highest BCUT2D eigenvalue weighted by molar-refractivity contribution is 8.26. The molecule has 1 aliphatic rings. The third-order valence-electron chi connectivity index (χ3n) is 4.74. The molecular weight excluding hydrogens is 478 g/mol. The van der Waals surface area contributed by atoms with Gasteiger partial charge < -0.3 is 10.1 Å². The number of amides is 2. The molecule has 0 radical (unpaired) electrons. The van der Waals surface area contributed by atoms with E-state index < -0.39 is 10.9 Å². The Morgan fingerprint density at radius 3 is 2.47 bits per heavy atom. The molecule has 1 aliphatic heterocycles. The van der Waals surface area contributed by atoms with Gasteiger partial charge in [0.15, 0.2) is 0 Å². The number of nitro groups is 1. The van der Waals surface area contributed by atoms with Gasteiger partial charge in [0.1, 0.15) is 4.32 Å². The Morgan fingerprint density at radius 2 is 1.85 bits per heavy atom. The molecule has 11 heteroatoms. The van der Waals surface area contributed by atoms with E-state index >= 15 is 0 Å². The van der Waals surface area contributed by atoms with Gasteiger partial charge in [-0.2, -0.15) is 0 Å². The molecule has 0 saturated carbocycles. The maximum absolute atomic E-state index is 12.7. The summed E-state index contributed by atoms with van der Waals surface area (Å²) >= 11 is 6.45. The van der Waals surface area contributed by atoms with E-state index in [0.717, 1.165) is 11.8 Å². The molecule has 1 fully saturated rings. The van der Waals surface area contributed by atoms with E-state index in [-0.39, 0.29) is 37.1 Å². The van der Waals surface area contributed by atoms with Crippen LogP contribution in [0.1, 0.15) is 35.7 Å². The Morgan fingerprint density at radius 1 is 1.18 bits per heavy atom. The van der Waals surface area contributed by atoms with E-state index in [1.807, 2.05) is 0 Å². The van der Waals surface area contributed by atoms with Gasteiger partial charge in [-0.1, -0.05) is 24.0 Å². The molecule has 9 nitrogen and oxygen atoms in total. The molecular formula is C23H21N3O6S2. The van der Waals surface area contributed by atoms with E-state index in [1.165, 1.54) is 17.0 Å². The number of nitro benzene ring substituents is 1. The van der Waals surface area contributed by atoms with Crippen LogP contribution in [0, 0.1) is 10.1 Å². The predicted molar refractivity (Wildman–Crippen MR) is 133 cm³/mol. The number of rotatable bonds is 9. The van der Waals surface area contributed by atoms with Crippen LogP contribution in [0.15, 0.2) is 53.4 Å². The maximum Gasteiger partial charge on any atom is 0.338 e. The van der Waals surface area contributed by atoms with Crippen LogP contribution in [-0.4, -0.2) is 45.1 Å². The fourth-order valence-electron chi connectivity index (χ4n) is 3.06. The van der Waals surface area contributed by atoms with Crippen molar-refractivity contribution in [2.24, 2.45) is 0 Å². The van der Waals surface area contributed by atoms with Crippen LogP contribution in [0.4, 0.5) is 11.4 Å². The summed E-state index contributed by atoms with van der Waals surface area (Å²) in [5.41, 5.74) is 1.57. The van der Waals surface area contributed by atoms with Crippen LogP contribution in [0.5, 0.6) is 0 Å². The van der Waals surface area contributed by atoms with Gasteiger partial charge in [0, 0.05) is 30.8 Å². The van der Waals surface area contributed by atoms with Gasteiger partial charge in [-0.15, -0.1) is 0 Å². The highest BCUT2D eigenvalue weighted by atomic mass is 32.2.